The standard InChI is InChI=1S/C13H29N3O.HI/c1-10(2)12(5)16-13(14-6)15-8-7-9-17-11(3)4;/h10-12H,7-9H2,1-6H3,(H2,14,15,16);1H. The first-order valence-electron chi connectivity index (χ1n) is 6.56. The molecule has 0 heterocycles. The van der Waals surface area contributed by atoms with E-state index in [1.807, 2.05) is 0 Å². The fourth-order valence-corrected chi connectivity index (χ4v) is 1.17. The first-order chi connectivity index (χ1) is 7.97. The minimum absolute atomic E-state index is 0. The van der Waals surface area contributed by atoms with Gasteiger partial charge >= 0.3 is 0 Å². The SMILES string of the molecule is CN=C(NCCCOC(C)C)NC(C)C(C)C.I. The second-order valence-corrected chi connectivity index (χ2v) is 4.95. The lowest BCUT2D eigenvalue weighted by Gasteiger charge is -2.20. The number of hydrogen-bond donors (Lipinski definition) is 2. The molecule has 4 nitrogen and oxygen atoms in total. The molecule has 1 unspecified atom stereocenters. The van der Waals surface area contributed by atoms with Crippen LogP contribution in [0.5, 0.6) is 0 Å². The zero-order valence-electron chi connectivity index (χ0n) is 12.6. The number of ether oxygens (including phenoxy) is 1. The molecule has 0 saturated carbocycles. The van der Waals surface area contributed by atoms with Gasteiger partial charge in [0.15, 0.2) is 5.96 Å². The molecular weight excluding hydrogens is 341 g/mol. The average Bonchev–Trinajstić information content (AvgIpc) is 2.26. The van der Waals surface area contributed by atoms with Gasteiger partial charge in [-0.3, -0.25) is 4.99 Å². The van der Waals surface area contributed by atoms with Gasteiger partial charge in [-0.05, 0) is 33.1 Å². The third kappa shape index (κ3) is 11.1. The predicted molar refractivity (Wildman–Crippen MR) is 89.9 cm³/mol. The van der Waals surface area contributed by atoms with E-state index in [-0.39, 0.29) is 24.0 Å². The van der Waals surface area contributed by atoms with E-state index in [1.165, 1.54) is 0 Å². The third-order valence-corrected chi connectivity index (χ3v) is 2.65. The molecule has 0 saturated heterocycles. The van der Waals surface area contributed by atoms with Crippen molar-refractivity contribution in [2.24, 2.45) is 10.9 Å². The number of halogens is 1. The molecule has 0 rings (SSSR count). The molecule has 2 N–H and O–H groups in total. The predicted octanol–water partition coefficient (Wildman–Crippen LogP) is 2.63. The Kier molecular flexibility index (Phi) is 13.5. The van der Waals surface area contributed by atoms with Crippen LogP contribution in [0.4, 0.5) is 0 Å². The number of aliphatic imine (C=N–C) groups is 1. The van der Waals surface area contributed by atoms with Crippen molar-refractivity contribution in [3.63, 3.8) is 0 Å². The summed E-state index contributed by atoms with van der Waals surface area (Å²) in [6, 6.07) is 0.424. The monoisotopic (exact) mass is 371 g/mol. The molecule has 0 aliphatic rings. The number of nitrogens with one attached hydrogen (secondary N) is 2. The molecular formula is C13H30IN3O. The smallest absolute Gasteiger partial charge is 0.191 e. The highest BCUT2D eigenvalue weighted by Gasteiger charge is 2.08. The Hall–Kier alpha value is -0.0400. The summed E-state index contributed by atoms with van der Waals surface area (Å²) >= 11 is 0. The van der Waals surface area contributed by atoms with E-state index in [2.05, 4.69) is 50.2 Å². The van der Waals surface area contributed by atoms with Crippen LogP contribution >= 0.6 is 24.0 Å². The van der Waals surface area contributed by atoms with E-state index in [0.717, 1.165) is 25.5 Å². The van der Waals surface area contributed by atoms with Gasteiger partial charge in [0.25, 0.3) is 0 Å². The summed E-state index contributed by atoms with van der Waals surface area (Å²) in [6.45, 7) is 12.3. The van der Waals surface area contributed by atoms with Crippen LogP contribution in [0.25, 0.3) is 0 Å². The third-order valence-electron chi connectivity index (χ3n) is 2.65. The summed E-state index contributed by atoms with van der Waals surface area (Å²) in [5.74, 6) is 1.47. The van der Waals surface area contributed by atoms with Crippen LogP contribution in [0.15, 0.2) is 4.99 Å². The van der Waals surface area contributed by atoms with Crippen LogP contribution in [-0.4, -0.2) is 38.3 Å². The van der Waals surface area contributed by atoms with E-state index in [1.54, 1.807) is 7.05 Å². The normalized spacial score (nSPS) is 13.4. The highest BCUT2D eigenvalue weighted by atomic mass is 127. The molecule has 110 valence electrons. The second kappa shape index (κ2) is 12.0. The van der Waals surface area contributed by atoms with Gasteiger partial charge in [-0.2, -0.15) is 0 Å². The van der Waals surface area contributed by atoms with Crippen molar-refractivity contribution in [3.05, 3.63) is 0 Å². The largest absolute Gasteiger partial charge is 0.379 e. The van der Waals surface area contributed by atoms with Gasteiger partial charge in [0, 0.05) is 26.2 Å². The number of nitrogens with zero attached hydrogens (tertiary/aromatic N) is 1. The Morgan fingerprint density at radius 3 is 2.22 bits per heavy atom. The first-order valence-corrected chi connectivity index (χ1v) is 6.56. The Morgan fingerprint density at radius 1 is 1.17 bits per heavy atom. The fraction of sp³-hybridized carbons (Fsp3) is 0.923. The van der Waals surface area contributed by atoms with Gasteiger partial charge in [0.2, 0.25) is 0 Å². The van der Waals surface area contributed by atoms with Crippen molar-refractivity contribution in [2.45, 2.75) is 53.2 Å². The minimum atomic E-state index is 0. The first kappa shape index (κ1) is 20.3. The van der Waals surface area contributed by atoms with Gasteiger partial charge in [-0.1, -0.05) is 13.8 Å². The number of rotatable bonds is 7. The van der Waals surface area contributed by atoms with Crippen LogP contribution in [0.2, 0.25) is 0 Å². The molecule has 0 aliphatic carbocycles. The Bertz CT molecular complexity index is 220. The van der Waals surface area contributed by atoms with Gasteiger partial charge in [-0.25, -0.2) is 0 Å². The Balaban J connectivity index is 0. The highest BCUT2D eigenvalue weighted by Crippen LogP contribution is 1.99. The average molecular weight is 371 g/mol. The molecule has 0 aliphatic heterocycles. The quantitative estimate of drug-likeness (QED) is 0.313. The zero-order chi connectivity index (χ0) is 13.3. The van der Waals surface area contributed by atoms with E-state index >= 15 is 0 Å². The van der Waals surface area contributed by atoms with Crippen LogP contribution < -0.4 is 10.6 Å². The van der Waals surface area contributed by atoms with Gasteiger partial charge in [0.05, 0.1) is 6.10 Å². The van der Waals surface area contributed by atoms with Crippen molar-refractivity contribution < 1.29 is 4.74 Å². The number of hydrogen-bond acceptors (Lipinski definition) is 2. The van der Waals surface area contributed by atoms with Crippen LogP contribution in [-0.2, 0) is 4.74 Å². The summed E-state index contributed by atoms with van der Waals surface area (Å²) < 4.78 is 5.48. The Labute approximate surface area is 129 Å². The van der Waals surface area contributed by atoms with Gasteiger partial charge in [0.1, 0.15) is 0 Å². The Morgan fingerprint density at radius 2 is 1.78 bits per heavy atom. The second-order valence-electron chi connectivity index (χ2n) is 4.95. The highest BCUT2D eigenvalue weighted by molar-refractivity contribution is 14.0. The van der Waals surface area contributed by atoms with Crippen LogP contribution in [0, 0.1) is 5.92 Å². The molecule has 0 fully saturated rings. The molecule has 0 bridgehead atoms. The van der Waals surface area contributed by atoms with Gasteiger partial charge < -0.3 is 15.4 Å². The summed E-state index contributed by atoms with van der Waals surface area (Å²) in [7, 11) is 1.80. The topological polar surface area (TPSA) is 45.7 Å². The van der Waals surface area contributed by atoms with Gasteiger partial charge in [-0.15, -0.1) is 24.0 Å². The summed E-state index contributed by atoms with van der Waals surface area (Å²) in [5.41, 5.74) is 0. The minimum Gasteiger partial charge on any atom is -0.379 e. The summed E-state index contributed by atoms with van der Waals surface area (Å²) in [4.78, 5) is 4.20. The van der Waals surface area contributed by atoms with Crippen LogP contribution in [0.3, 0.4) is 0 Å². The maximum Gasteiger partial charge on any atom is 0.191 e. The summed E-state index contributed by atoms with van der Waals surface area (Å²) in [5, 5.41) is 6.65. The van der Waals surface area contributed by atoms with Crippen molar-refractivity contribution in [2.75, 3.05) is 20.2 Å². The maximum absolute atomic E-state index is 5.48. The zero-order valence-corrected chi connectivity index (χ0v) is 14.9. The molecule has 0 aromatic carbocycles. The van der Waals surface area contributed by atoms with Crippen molar-refractivity contribution in [1.82, 2.24) is 10.6 Å². The van der Waals surface area contributed by atoms with E-state index in [4.69, 9.17) is 4.74 Å². The molecule has 0 aromatic heterocycles. The fourth-order valence-electron chi connectivity index (χ4n) is 1.17. The molecule has 0 spiro atoms. The van der Waals surface area contributed by atoms with Crippen molar-refractivity contribution in [3.8, 4) is 0 Å². The van der Waals surface area contributed by atoms with Crippen LogP contribution in [0.1, 0.15) is 41.0 Å². The lowest BCUT2D eigenvalue weighted by molar-refractivity contribution is 0.0776. The van der Waals surface area contributed by atoms with E-state index < -0.39 is 0 Å². The molecule has 5 heteroatoms. The number of guanidine groups is 1. The molecule has 0 amide bonds. The van der Waals surface area contributed by atoms with E-state index in [9.17, 15) is 0 Å². The van der Waals surface area contributed by atoms with Crippen molar-refractivity contribution in [1.29, 1.82) is 0 Å². The molecule has 0 radical (unpaired) electrons. The van der Waals surface area contributed by atoms with Crippen molar-refractivity contribution >= 4 is 29.9 Å². The summed E-state index contributed by atoms with van der Waals surface area (Å²) in [6.07, 6.45) is 1.31. The molecule has 0 aromatic rings. The lowest BCUT2D eigenvalue weighted by atomic mass is 10.1. The molecule has 18 heavy (non-hydrogen) atoms. The van der Waals surface area contributed by atoms with E-state index in [0.29, 0.717) is 18.1 Å². The maximum atomic E-state index is 5.48. The lowest BCUT2D eigenvalue weighted by Crippen LogP contribution is -2.44. The molecule has 1 atom stereocenters.